The molecule has 18 heavy (non-hydrogen) atoms. The lowest BCUT2D eigenvalue weighted by Crippen LogP contribution is -1.93. The lowest BCUT2D eigenvalue weighted by molar-refractivity contribution is 0.804. The summed E-state index contributed by atoms with van der Waals surface area (Å²) in [6, 6.07) is 17.5. The molecule has 3 rings (SSSR count). The zero-order chi connectivity index (χ0) is 12.4. The van der Waals surface area contributed by atoms with E-state index in [-0.39, 0.29) is 0 Å². The largest absolute Gasteiger partial charge is 0.220 e. The average Bonchev–Trinajstić information content (AvgIpc) is 2.89. The van der Waals surface area contributed by atoms with Gasteiger partial charge >= 0.3 is 0 Å². The molecule has 1 heterocycles. The van der Waals surface area contributed by atoms with Gasteiger partial charge in [0.15, 0.2) is 0 Å². The zero-order valence-corrected chi connectivity index (χ0v) is 10.2. The lowest BCUT2D eigenvalue weighted by Gasteiger charge is -1.99. The minimum absolute atomic E-state index is 0.685. The molecule has 0 saturated carbocycles. The summed E-state index contributed by atoms with van der Waals surface area (Å²) < 4.78 is 1.72. The highest BCUT2D eigenvalue weighted by Gasteiger charge is 2.04. The highest BCUT2D eigenvalue weighted by molar-refractivity contribution is 6.30. The molecular weight excluding hydrogens is 246 g/mol. The van der Waals surface area contributed by atoms with Crippen molar-refractivity contribution in [3.8, 4) is 16.9 Å². The molecule has 0 radical (unpaired) electrons. The first-order chi connectivity index (χ1) is 8.83. The van der Waals surface area contributed by atoms with Crippen molar-refractivity contribution in [2.75, 3.05) is 0 Å². The van der Waals surface area contributed by atoms with E-state index in [1.54, 1.807) is 4.68 Å². The minimum atomic E-state index is 0.685. The summed E-state index contributed by atoms with van der Waals surface area (Å²) in [7, 11) is 0. The molecule has 0 spiro atoms. The molecule has 0 fully saturated rings. The van der Waals surface area contributed by atoms with Crippen molar-refractivity contribution in [1.82, 2.24) is 15.0 Å². The van der Waals surface area contributed by atoms with Crippen LogP contribution in [-0.4, -0.2) is 15.0 Å². The van der Waals surface area contributed by atoms with E-state index < -0.39 is 0 Å². The molecular formula is C14H10ClN3. The molecule has 0 aliphatic heterocycles. The maximum Gasteiger partial charge on any atom is 0.113 e. The number of aromatic nitrogens is 3. The minimum Gasteiger partial charge on any atom is -0.220 e. The van der Waals surface area contributed by atoms with Crippen LogP contribution in [0.25, 0.3) is 16.9 Å². The van der Waals surface area contributed by atoms with Crippen LogP contribution in [0.2, 0.25) is 5.02 Å². The smallest absolute Gasteiger partial charge is 0.113 e. The number of nitrogens with zero attached hydrogens (tertiary/aromatic N) is 3. The van der Waals surface area contributed by atoms with Gasteiger partial charge < -0.3 is 0 Å². The van der Waals surface area contributed by atoms with Gasteiger partial charge in [0.1, 0.15) is 5.69 Å². The third-order valence-corrected chi connectivity index (χ3v) is 2.87. The number of rotatable bonds is 2. The number of hydrogen-bond acceptors (Lipinski definition) is 2. The second-order valence-corrected chi connectivity index (χ2v) is 4.33. The van der Waals surface area contributed by atoms with Crippen LogP contribution in [0.3, 0.4) is 0 Å². The van der Waals surface area contributed by atoms with Gasteiger partial charge in [-0.15, -0.1) is 5.10 Å². The number of halogens is 1. The van der Waals surface area contributed by atoms with E-state index in [0.29, 0.717) is 5.02 Å². The normalized spacial score (nSPS) is 10.5. The number of hydrogen-bond donors (Lipinski definition) is 0. The first kappa shape index (κ1) is 11.0. The van der Waals surface area contributed by atoms with Crippen molar-refractivity contribution in [3.63, 3.8) is 0 Å². The third-order valence-electron chi connectivity index (χ3n) is 2.64. The van der Waals surface area contributed by atoms with Crippen molar-refractivity contribution >= 4 is 11.6 Å². The molecule has 0 N–H and O–H groups in total. The Hall–Kier alpha value is -2.13. The molecule has 3 aromatic rings. The Morgan fingerprint density at radius 3 is 2.56 bits per heavy atom. The maximum atomic E-state index is 5.96. The van der Waals surface area contributed by atoms with Crippen LogP contribution < -0.4 is 0 Å². The summed E-state index contributed by atoms with van der Waals surface area (Å²) in [6.07, 6.45) is 1.89. The van der Waals surface area contributed by atoms with Crippen molar-refractivity contribution in [3.05, 3.63) is 65.8 Å². The van der Waals surface area contributed by atoms with E-state index in [4.69, 9.17) is 11.6 Å². The highest BCUT2D eigenvalue weighted by atomic mass is 35.5. The van der Waals surface area contributed by atoms with Crippen molar-refractivity contribution < 1.29 is 0 Å². The second-order valence-electron chi connectivity index (χ2n) is 3.89. The molecule has 88 valence electrons. The molecule has 0 aliphatic rings. The van der Waals surface area contributed by atoms with E-state index in [1.165, 1.54) is 0 Å². The summed E-state index contributed by atoms with van der Waals surface area (Å²) in [5.41, 5.74) is 2.79. The number of benzene rings is 2. The van der Waals surface area contributed by atoms with Crippen LogP contribution in [0.1, 0.15) is 0 Å². The molecule has 0 bridgehead atoms. The van der Waals surface area contributed by atoms with Crippen LogP contribution >= 0.6 is 11.6 Å². The van der Waals surface area contributed by atoms with Gasteiger partial charge in [0, 0.05) is 10.6 Å². The Morgan fingerprint density at radius 1 is 0.944 bits per heavy atom. The fourth-order valence-electron chi connectivity index (χ4n) is 1.75. The van der Waals surface area contributed by atoms with Gasteiger partial charge in [-0.25, -0.2) is 4.68 Å². The van der Waals surface area contributed by atoms with E-state index in [1.807, 2.05) is 60.8 Å². The summed E-state index contributed by atoms with van der Waals surface area (Å²) in [6.45, 7) is 0. The van der Waals surface area contributed by atoms with E-state index in [9.17, 15) is 0 Å². The SMILES string of the molecule is Clc1cccc(-n2cc(-c3ccccc3)nn2)c1. The predicted octanol–water partition coefficient (Wildman–Crippen LogP) is 3.59. The van der Waals surface area contributed by atoms with Gasteiger partial charge in [0.05, 0.1) is 11.9 Å². The molecule has 0 unspecified atom stereocenters. The molecule has 0 aliphatic carbocycles. The first-order valence-corrected chi connectivity index (χ1v) is 5.94. The fraction of sp³-hybridized carbons (Fsp3) is 0. The van der Waals surface area contributed by atoms with Gasteiger partial charge in [-0.3, -0.25) is 0 Å². The molecule has 1 aromatic heterocycles. The quantitative estimate of drug-likeness (QED) is 0.701. The van der Waals surface area contributed by atoms with Gasteiger partial charge in [0.25, 0.3) is 0 Å². The third kappa shape index (κ3) is 2.13. The summed E-state index contributed by atoms with van der Waals surface area (Å²) >= 11 is 5.96. The molecule has 0 amide bonds. The Bertz CT molecular complexity index is 662. The Balaban J connectivity index is 2.00. The van der Waals surface area contributed by atoms with Crippen molar-refractivity contribution in [2.45, 2.75) is 0 Å². The lowest BCUT2D eigenvalue weighted by atomic mass is 10.2. The summed E-state index contributed by atoms with van der Waals surface area (Å²) in [4.78, 5) is 0. The molecule has 4 heteroatoms. The zero-order valence-electron chi connectivity index (χ0n) is 9.49. The van der Waals surface area contributed by atoms with E-state index in [0.717, 1.165) is 16.9 Å². The average molecular weight is 256 g/mol. The van der Waals surface area contributed by atoms with Crippen LogP contribution in [0.4, 0.5) is 0 Å². The molecule has 0 atom stereocenters. The first-order valence-electron chi connectivity index (χ1n) is 5.57. The predicted molar refractivity (Wildman–Crippen MR) is 71.8 cm³/mol. The fourth-order valence-corrected chi connectivity index (χ4v) is 1.93. The monoisotopic (exact) mass is 255 g/mol. The molecule has 0 saturated heterocycles. The second kappa shape index (κ2) is 4.63. The maximum absolute atomic E-state index is 5.96. The standard InChI is InChI=1S/C14H10ClN3/c15-12-7-4-8-13(9-12)18-10-14(16-17-18)11-5-2-1-3-6-11/h1-10H. The van der Waals surface area contributed by atoms with Crippen LogP contribution in [0.15, 0.2) is 60.8 Å². The van der Waals surface area contributed by atoms with E-state index >= 15 is 0 Å². The Kier molecular flexibility index (Phi) is 2.82. The summed E-state index contributed by atoms with van der Waals surface area (Å²) in [5, 5.41) is 8.96. The van der Waals surface area contributed by atoms with Gasteiger partial charge in [-0.05, 0) is 18.2 Å². The Labute approximate surface area is 110 Å². The van der Waals surface area contributed by atoms with Crippen molar-refractivity contribution in [1.29, 1.82) is 0 Å². The van der Waals surface area contributed by atoms with Gasteiger partial charge in [0.2, 0.25) is 0 Å². The highest BCUT2D eigenvalue weighted by Crippen LogP contribution is 2.18. The van der Waals surface area contributed by atoms with Crippen LogP contribution in [-0.2, 0) is 0 Å². The van der Waals surface area contributed by atoms with Gasteiger partial charge in [-0.1, -0.05) is 53.2 Å². The summed E-state index contributed by atoms with van der Waals surface area (Å²) in [5.74, 6) is 0. The van der Waals surface area contributed by atoms with Crippen LogP contribution in [0.5, 0.6) is 0 Å². The van der Waals surface area contributed by atoms with Crippen molar-refractivity contribution in [2.24, 2.45) is 0 Å². The van der Waals surface area contributed by atoms with E-state index in [2.05, 4.69) is 10.3 Å². The van der Waals surface area contributed by atoms with Crippen LogP contribution in [0, 0.1) is 0 Å². The molecule has 2 aromatic carbocycles. The Morgan fingerprint density at radius 2 is 1.78 bits per heavy atom. The van der Waals surface area contributed by atoms with Gasteiger partial charge in [-0.2, -0.15) is 0 Å². The topological polar surface area (TPSA) is 30.7 Å². The molecule has 3 nitrogen and oxygen atoms in total.